The van der Waals surface area contributed by atoms with Crippen LogP contribution in [0.2, 0.25) is 5.02 Å². The average molecular weight is 483 g/mol. The van der Waals surface area contributed by atoms with E-state index in [0.29, 0.717) is 22.2 Å². The van der Waals surface area contributed by atoms with Gasteiger partial charge in [-0.15, -0.1) is 0 Å². The summed E-state index contributed by atoms with van der Waals surface area (Å²) >= 11 is 7.50. The van der Waals surface area contributed by atoms with Gasteiger partial charge in [0.25, 0.3) is 0 Å². The van der Waals surface area contributed by atoms with Gasteiger partial charge in [0, 0.05) is 30.5 Å². The van der Waals surface area contributed by atoms with Gasteiger partial charge in [0.1, 0.15) is 11.3 Å². The van der Waals surface area contributed by atoms with Gasteiger partial charge in [-0.3, -0.25) is 9.69 Å². The van der Waals surface area contributed by atoms with Gasteiger partial charge in [-0.1, -0.05) is 54.0 Å². The van der Waals surface area contributed by atoms with E-state index in [2.05, 4.69) is 9.97 Å². The number of benzene rings is 2. The largest absolute Gasteiger partial charge is 0.337 e. The van der Waals surface area contributed by atoms with Crippen molar-refractivity contribution in [3.05, 3.63) is 77.6 Å². The maximum absolute atomic E-state index is 14.4. The van der Waals surface area contributed by atoms with E-state index in [1.807, 2.05) is 41.1 Å². The number of fused-ring (bicyclic) bond motifs is 1. The van der Waals surface area contributed by atoms with Crippen LogP contribution in [0.1, 0.15) is 37.7 Å². The van der Waals surface area contributed by atoms with E-state index in [9.17, 15) is 9.18 Å². The van der Waals surface area contributed by atoms with Gasteiger partial charge in [-0.25, -0.2) is 14.4 Å². The fourth-order valence-corrected chi connectivity index (χ4v) is 5.90. The smallest absolute Gasteiger partial charge is 0.239 e. The molecular formula is C25H24ClFN4OS. The molecule has 0 bridgehead atoms. The number of nitrogens with zero attached hydrogens (tertiary/aromatic N) is 4. The fraction of sp³-hybridized carbons (Fsp3) is 0.320. The Hall–Kier alpha value is -2.77. The van der Waals surface area contributed by atoms with E-state index in [-0.39, 0.29) is 11.7 Å². The van der Waals surface area contributed by atoms with Crippen molar-refractivity contribution < 1.29 is 9.18 Å². The van der Waals surface area contributed by atoms with Crippen molar-refractivity contribution in [2.75, 3.05) is 11.4 Å². The number of hydrogen-bond acceptors (Lipinski definition) is 4. The minimum atomic E-state index is -0.615. The molecule has 1 aliphatic carbocycles. The van der Waals surface area contributed by atoms with E-state index in [1.54, 1.807) is 23.5 Å². The Bertz CT molecular complexity index is 1250. The number of aryl methyl sites for hydroxylation is 1. The SMILES string of the molecule is O=C(N(CCCn1ccnc1)c1nc2c(F)cccc2s1)C1(c2ccc(Cl)cc2)CCCC1. The van der Waals surface area contributed by atoms with Crippen molar-refractivity contribution in [3.63, 3.8) is 0 Å². The molecular weight excluding hydrogens is 459 g/mol. The van der Waals surface area contributed by atoms with Crippen LogP contribution in [0.5, 0.6) is 0 Å². The Morgan fingerprint density at radius 1 is 1.18 bits per heavy atom. The molecule has 1 amide bonds. The maximum Gasteiger partial charge on any atom is 0.239 e. The van der Waals surface area contributed by atoms with Crippen LogP contribution in [0.4, 0.5) is 9.52 Å². The highest BCUT2D eigenvalue weighted by Crippen LogP contribution is 2.44. The lowest BCUT2D eigenvalue weighted by Gasteiger charge is -2.34. The molecule has 0 spiro atoms. The first-order valence-electron chi connectivity index (χ1n) is 11.2. The number of thiazole rings is 1. The Morgan fingerprint density at radius 3 is 2.67 bits per heavy atom. The average Bonchev–Trinajstić information content (AvgIpc) is 3.58. The molecule has 0 N–H and O–H groups in total. The predicted octanol–water partition coefficient (Wildman–Crippen LogP) is 6.22. The van der Waals surface area contributed by atoms with Crippen molar-refractivity contribution in [2.24, 2.45) is 0 Å². The van der Waals surface area contributed by atoms with Crippen molar-refractivity contribution in [1.29, 1.82) is 0 Å². The topological polar surface area (TPSA) is 51.0 Å². The van der Waals surface area contributed by atoms with E-state index >= 15 is 0 Å². The van der Waals surface area contributed by atoms with Gasteiger partial charge in [0.05, 0.1) is 16.4 Å². The zero-order valence-corrected chi connectivity index (χ0v) is 19.7. The zero-order chi connectivity index (χ0) is 22.8. The number of carbonyl (C=O) groups is 1. The first kappa shape index (κ1) is 22.0. The van der Waals surface area contributed by atoms with Crippen molar-refractivity contribution in [2.45, 2.75) is 44.1 Å². The van der Waals surface area contributed by atoms with Gasteiger partial charge in [-0.2, -0.15) is 0 Å². The highest BCUT2D eigenvalue weighted by molar-refractivity contribution is 7.22. The Morgan fingerprint density at radius 2 is 1.97 bits per heavy atom. The maximum atomic E-state index is 14.4. The molecule has 2 heterocycles. The molecule has 1 fully saturated rings. The van der Waals surface area contributed by atoms with Gasteiger partial charge in [0.2, 0.25) is 5.91 Å². The molecule has 170 valence electrons. The van der Waals surface area contributed by atoms with Gasteiger partial charge in [0.15, 0.2) is 5.13 Å². The first-order chi connectivity index (χ1) is 16.1. The predicted molar refractivity (Wildman–Crippen MR) is 130 cm³/mol. The van der Waals surface area contributed by atoms with Crippen LogP contribution < -0.4 is 4.90 Å². The van der Waals surface area contributed by atoms with Crippen LogP contribution in [-0.2, 0) is 16.8 Å². The van der Waals surface area contributed by atoms with Crippen molar-refractivity contribution in [3.8, 4) is 0 Å². The van der Waals surface area contributed by atoms with Crippen LogP contribution >= 0.6 is 22.9 Å². The second-order valence-corrected chi connectivity index (χ2v) is 9.94. The summed E-state index contributed by atoms with van der Waals surface area (Å²) in [6, 6.07) is 12.6. The summed E-state index contributed by atoms with van der Waals surface area (Å²) in [5.74, 6) is -0.332. The van der Waals surface area contributed by atoms with Crippen LogP contribution in [0.15, 0.2) is 61.2 Å². The summed E-state index contributed by atoms with van der Waals surface area (Å²) < 4.78 is 17.1. The molecule has 0 unspecified atom stereocenters. The zero-order valence-electron chi connectivity index (χ0n) is 18.1. The van der Waals surface area contributed by atoms with Crippen LogP contribution in [0.3, 0.4) is 0 Å². The summed E-state index contributed by atoms with van der Waals surface area (Å²) in [5.41, 5.74) is 0.689. The lowest BCUT2D eigenvalue weighted by Crippen LogP contribution is -2.46. The molecule has 8 heteroatoms. The number of carbonyl (C=O) groups excluding carboxylic acids is 1. The quantitative estimate of drug-likeness (QED) is 0.314. The summed E-state index contributed by atoms with van der Waals surface area (Å²) in [6.07, 6.45) is 9.70. The molecule has 0 radical (unpaired) electrons. The third-order valence-electron chi connectivity index (χ3n) is 6.46. The third-order valence-corrected chi connectivity index (χ3v) is 7.75. The molecule has 5 nitrogen and oxygen atoms in total. The van der Waals surface area contributed by atoms with E-state index in [4.69, 9.17) is 11.6 Å². The normalized spacial score (nSPS) is 15.2. The molecule has 0 aliphatic heterocycles. The molecule has 1 saturated carbocycles. The van der Waals surface area contributed by atoms with Gasteiger partial charge < -0.3 is 4.57 Å². The fourth-order valence-electron chi connectivity index (χ4n) is 4.76. The Labute approximate surface area is 200 Å². The number of rotatable bonds is 7. The summed E-state index contributed by atoms with van der Waals surface area (Å²) in [5, 5.41) is 1.20. The monoisotopic (exact) mass is 482 g/mol. The van der Waals surface area contributed by atoms with Crippen LogP contribution in [0, 0.1) is 5.82 Å². The lowest BCUT2D eigenvalue weighted by atomic mass is 9.77. The summed E-state index contributed by atoms with van der Waals surface area (Å²) in [6.45, 7) is 1.23. The number of anilines is 1. The van der Waals surface area contributed by atoms with Crippen LogP contribution in [-0.4, -0.2) is 27.0 Å². The highest BCUT2D eigenvalue weighted by Gasteiger charge is 2.45. The summed E-state index contributed by atoms with van der Waals surface area (Å²) in [4.78, 5) is 24.7. The minimum Gasteiger partial charge on any atom is -0.337 e. The second kappa shape index (κ2) is 9.23. The standard InChI is InChI=1S/C25H24ClFN4OS/c26-19-9-7-18(8-10-19)25(11-1-2-12-25)23(32)31(15-4-14-30-16-13-28-17-30)24-29-22-20(27)5-3-6-21(22)33-24/h3,5-10,13,16-17H,1-2,4,11-12,14-15H2. The molecule has 4 aromatic rings. The van der Waals surface area contributed by atoms with Crippen molar-refractivity contribution in [1.82, 2.24) is 14.5 Å². The van der Waals surface area contributed by atoms with Gasteiger partial charge in [-0.05, 0) is 49.1 Å². The van der Waals surface area contributed by atoms with Crippen molar-refractivity contribution >= 4 is 44.2 Å². The first-order valence-corrected chi connectivity index (χ1v) is 12.4. The van der Waals surface area contributed by atoms with Crippen LogP contribution in [0.25, 0.3) is 10.2 Å². The highest BCUT2D eigenvalue weighted by atomic mass is 35.5. The van der Waals surface area contributed by atoms with Gasteiger partial charge >= 0.3 is 0 Å². The number of aromatic nitrogens is 3. The van der Waals surface area contributed by atoms with E-state index < -0.39 is 5.41 Å². The molecule has 1 aliphatic rings. The Balaban J connectivity index is 1.52. The molecule has 0 atom stereocenters. The number of para-hydroxylation sites is 1. The molecule has 33 heavy (non-hydrogen) atoms. The number of halogens is 2. The number of amides is 1. The molecule has 2 aromatic carbocycles. The third kappa shape index (κ3) is 4.27. The Kier molecular flexibility index (Phi) is 6.17. The number of hydrogen-bond donors (Lipinski definition) is 0. The molecule has 0 saturated heterocycles. The lowest BCUT2D eigenvalue weighted by molar-refractivity contribution is -0.124. The number of imidazole rings is 1. The van der Waals surface area contributed by atoms with E-state index in [1.165, 1.54) is 17.4 Å². The molecule has 2 aromatic heterocycles. The van der Waals surface area contributed by atoms with E-state index in [0.717, 1.165) is 48.9 Å². The second-order valence-electron chi connectivity index (χ2n) is 8.49. The minimum absolute atomic E-state index is 0.0346. The molecule has 5 rings (SSSR count). The summed E-state index contributed by atoms with van der Waals surface area (Å²) in [7, 11) is 0.